The average molecular weight is 409 g/mol. The number of ether oxygens (including phenoxy) is 1. The number of guanidine groups is 1. The van der Waals surface area contributed by atoms with Gasteiger partial charge < -0.3 is 10.5 Å². The van der Waals surface area contributed by atoms with E-state index in [2.05, 4.69) is 5.32 Å². The number of nitrogens with one attached hydrogen (secondary N) is 1. The van der Waals surface area contributed by atoms with Gasteiger partial charge in [-0.05, 0) is 51.0 Å². The Bertz CT molecular complexity index is 966. The second kappa shape index (κ2) is 8.18. The maximum absolute atomic E-state index is 13.2. The number of hydrogen-bond acceptors (Lipinski definition) is 5. The van der Waals surface area contributed by atoms with Crippen molar-refractivity contribution in [2.24, 2.45) is 4.99 Å². The first-order chi connectivity index (χ1) is 14.1. The Morgan fingerprint density at radius 1 is 1.20 bits per heavy atom. The number of nitrogens with zero attached hydrogens (tertiary/aromatic N) is 2. The molecule has 0 bridgehead atoms. The zero-order valence-corrected chi connectivity index (χ0v) is 17.8. The monoisotopic (exact) mass is 408 g/mol. The van der Waals surface area contributed by atoms with Crippen molar-refractivity contribution in [1.29, 1.82) is 0 Å². The molecular formula is C23H28N4O3. The number of anilines is 1. The normalized spacial score (nSPS) is 19.3. The molecule has 1 aliphatic rings. The van der Waals surface area contributed by atoms with E-state index in [0.29, 0.717) is 12.2 Å². The first-order valence-corrected chi connectivity index (χ1v) is 9.86. The molecule has 1 heterocycles. The molecule has 1 atom stereocenters. The number of nitrogens with two attached hydrogens (primary N) is 1. The molecule has 1 unspecified atom stereocenters. The van der Waals surface area contributed by atoms with Gasteiger partial charge in [0, 0.05) is 5.69 Å². The summed E-state index contributed by atoms with van der Waals surface area (Å²) in [4.78, 5) is 31.9. The molecule has 3 rings (SSSR count). The molecule has 0 spiro atoms. The molecule has 0 aliphatic carbocycles. The molecule has 3 N–H and O–H groups in total. The fourth-order valence-electron chi connectivity index (χ4n) is 3.30. The van der Waals surface area contributed by atoms with Crippen LogP contribution in [0.15, 0.2) is 59.6 Å². The summed E-state index contributed by atoms with van der Waals surface area (Å²) in [6, 6.07) is 16.8. The third-order valence-corrected chi connectivity index (χ3v) is 4.71. The van der Waals surface area contributed by atoms with Gasteiger partial charge in [-0.15, -0.1) is 0 Å². The van der Waals surface area contributed by atoms with Crippen molar-refractivity contribution in [3.05, 3.63) is 65.7 Å². The number of carbonyl (C=O) groups is 2. The first-order valence-electron chi connectivity index (χ1n) is 9.86. The quantitative estimate of drug-likeness (QED) is 0.755. The molecule has 0 aromatic heterocycles. The molecule has 158 valence electrons. The van der Waals surface area contributed by atoms with Crippen LogP contribution in [0.5, 0.6) is 0 Å². The summed E-state index contributed by atoms with van der Waals surface area (Å²) in [5, 5.41) is 2.68. The van der Waals surface area contributed by atoms with Crippen LogP contribution in [-0.4, -0.2) is 28.5 Å². The van der Waals surface area contributed by atoms with Crippen molar-refractivity contribution in [3.63, 3.8) is 0 Å². The number of nitrogen functional groups attached to an aromatic ring is 1. The Morgan fingerprint density at radius 3 is 2.53 bits per heavy atom. The lowest BCUT2D eigenvalue weighted by atomic mass is 9.87. The fourth-order valence-corrected chi connectivity index (χ4v) is 3.30. The van der Waals surface area contributed by atoms with Crippen molar-refractivity contribution < 1.29 is 14.3 Å². The molecule has 7 heteroatoms. The van der Waals surface area contributed by atoms with Crippen LogP contribution in [0.25, 0.3) is 0 Å². The Labute approximate surface area is 176 Å². The number of amides is 2. The van der Waals surface area contributed by atoms with Crippen molar-refractivity contribution in [2.45, 2.75) is 51.8 Å². The van der Waals surface area contributed by atoms with E-state index in [1.807, 2.05) is 49.4 Å². The molecule has 30 heavy (non-hydrogen) atoms. The molecule has 0 saturated heterocycles. The number of benzene rings is 2. The molecular weight excluding hydrogens is 380 g/mol. The third-order valence-electron chi connectivity index (χ3n) is 4.71. The minimum Gasteiger partial charge on any atom is -0.444 e. The minimum absolute atomic E-state index is 0.148. The Morgan fingerprint density at radius 2 is 1.90 bits per heavy atom. The lowest BCUT2D eigenvalue weighted by molar-refractivity contribution is -0.130. The molecule has 0 saturated carbocycles. The van der Waals surface area contributed by atoms with Gasteiger partial charge in [-0.25, -0.2) is 9.79 Å². The number of aliphatic imine (C=N–C) groups is 1. The zero-order chi connectivity index (χ0) is 21.9. The van der Waals surface area contributed by atoms with Gasteiger partial charge in [0.05, 0.1) is 18.5 Å². The molecule has 2 aromatic rings. The molecule has 2 amide bonds. The lowest BCUT2D eigenvalue weighted by Gasteiger charge is -2.37. The highest BCUT2D eigenvalue weighted by Crippen LogP contribution is 2.34. The summed E-state index contributed by atoms with van der Waals surface area (Å²) in [5.74, 6) is 0.0131. The van der Waals surface area contributed by atoms with E-state index >= 15 is 0 Å². The van der Waals surface area contributed by atoms with Crippen LogP contribution in [0.4, 0.5) is 10.5 Å². The van der Waals surface area contributed by atoms with E-state index in [9.17, 15) is 9.59 Å². The maximum Gasteiger partial charge on any atom is 0.414 e. The molecule has 0 radical (unpaired) electrons. The van der Waals surface area contributed by atoms with Gasteiger partial charge in [-0.3, -0.25) is 15.0 Å². The maximum atomic E-state index is 13.2. The predicted molar refractivity (Wildman–Crippen MR) is 117 cm³/mol. The molecule has 2 aromatic carbocycles. The molecule has 7 nitrogen and oxygen atoms in total. The first kappa shape index (κ1) is 21.4. The Balaban J connectivity index is 1.98. The number of hydrogen-bond donors (Lipinski definition) is 2. The van der Waals surface area contributed by atoms with E-state index in [-0.39, 0.29) is 18.3 Å². The fraction of sp³-hybridized carbons (Fsp3) is 0.348. The number of carbonyl (C=O) groups excluding carboxylic acids is 2. The van der Waals surface area contributed by atoms with Crippen molar-refractivity contribution in [2.75, 3.05) is 5.73 Å². The SMILES string of the molecule is CC(C)(C)OC(=O)NC1=NC(C)(c2cccc(N)c2)CC(=O)N1Cc1ccccc1. The number of alkyl carbamates (subject to hydrolysis) is 1. The van der Waals surface area contributed by atoms with Crippen LogP contribution in [-0.2, 0) is 21.6 Å². The van der Waals surface area contributed by atoms with Crippen molar-refractivity contribution in [1.82, 2.24) is 10.2 Å². The predicted octanol–water partition coefficient (Wildman–Crippen LogP) is 3.80. The summed E-state index contributed by atoms with van der Waals surface area (Å²) < 4.78 is 5.38. The van der Waals surface area contributed by atoms with E-state index in [4.69, 9.17) is 15.5 Å². The smallest absolute Gasteiger partial charge is 0.414 e. The van der Waals surface area contributed by atoms with E-state index in [1.54, 1.807) is 32.9 Å². The summed E-state index contributed by atoms with van der Waals surface area (Å²) in [7, 11) is 0. The van der Waals surface area contributed by atoms with Gasteiger partial charge in [0.25, 0.3) is 0 Å². The largest absolute Gasteiger partial charge is 0.444 e. The summed E-state index contributed by atoms with van der Waals surface area (Å²) in [6.07, 6.45) is -0.507. The van der Waals surface area contributed by atoms with Gasteiger partial charge >= 0.3 is 6.09 Å². The van der Waals surface area contributed by atoms with Crippen LogP contribution in [0.2, 0.25) is 0 Å². The Kier molecular flexibility index (Phi) is 5.82. The van der Waals surface area contributed by atoms with Crippen LogP contribution in [0, 0.1) is 0 Å². The second-order valence-corrected chi connectivity index (χ2v) is 8.60. The van der Waals surface area contributed by atoms with Gasteiger partial charge in [0.2, 0.25) is 11.9 Å². The summed E-state index contributed by atoms with van der Waals surface area (Å²) in [5.41, 5.74) is 6.73. The van der Waals surface area contributed by atoms with E-state index < -0.39 is 17.2 Å². The highest BCUT2D eigenvalue weighted by molar-refractivity contribution is 6.05. The third kappa shape index (κ3) is 5.17. The Hall–Kier alpha value is -3.35. The van der Waals surface area contributed by atoms with Gasteiger partial charge in [0.15, 0.2) is 0 Å². The van der Waals surface area contributed by atoms with Gasteiger partial charge in [-0.2, -0.15) is 0 Å². The highest BCUT2D eigenvalue weighted by atomic mass is 16.6. The van der Waals surface area contributed by atoms with E-state index in [0.717, 1.165) is 11.1 Å². The van der Waals surface area contributed by atoms with Crippen LogP contribution in [0.3, 0.4) is 0 Å². The van der Waals surface area contributed by atoms with Gasteiger partial charge in [-0.1, -0.05) is 42.5 Å². The lowest BCUT2D eigenvalue weighted by Crippen LogP contribution is -2.53. The average Bonchev–Trinajstić information content (AvgIpc) is 2.64. The standard InChI is InChI=1S/C23H28N4O3/c1-22(2,3)30-21(29)25-20-26-23(4,17-11-8-12-18(24)13-17)14-19(28)27(20)15-16-9-6-5-7-10-16/h5-13H,14-15,24H2,1-4H3,(H,25,26,29). The van der Waals surface area contributed by atoms with E-state index in [1.165, 1.54) is 4.90 Å². The van der Waals surface area contributed by atoms with Gasteiger partial charge in [0.1, 0.15) is 5.60 Å². The van der Waals surface area contributed by atoms with Crippen molar-refractivity contribution in [3.8, 4) is 0 Å². The van der Waals surface area contributed by atoms with Crippen LogP contribution >= 0.6 is 0 Å². The summed E-state index contributed by atoms with van der Waals surface area (Å²) in [6.45, 7) is 7.48. The zero-order valence-electron chi connectivity index (χ0n) is 17.8. The highest BCUT2D eigenvalue weighted by Gasteiger charge is 2.39. The number of rotatable bonds is 3. The second-order valence-electron chi connectivity index (χ2n) is 8.60. The topological polar surface area (TPSA) is 97.0 Å². The van der Waals surface area contributed by atoms with Crippen molar-refractivity contribution >= 4 is 23.6 Å². The molecule has 1 aliphatic heterocycles. The minimum atomic E-state index is -0.857. The van der Waals surface area contributed by atoms with Crippen LogP contribution in [0.1, 0.15) is 45.2 Å². The van der Waals surface area contributed by atoms with Crippen LogP contribution < -0.4 is 11.1 Å². The summed E-state index contributed by atoms with van der Waals surface area (Å²) >= 11 is 0. The molecule has 0 fully saturated rings.